The second-order valence-corrected chi connectivity index (χ2v) is 15.9. The number of ether oxygens (including phenoxy) is 1. The summed E-state index contributed by atoms with van der Waals surface area (Å²) in [4.78, 5) is 16.4. The fourth-order valence-electron chi connectivity index (χ4n) is 3.88. The molecule has 1 aromatic carbocycles. The van der Waals surface area contributed by atoms with Crippen molar-refractivity contribution in [2.45, 2.75) is 90.4 Å². The van der Waals surface area contributed by atoms with Gasteiger partial charge in [-0.3, -0.25) is 0 Å². The predicted molar refractivity (Wildman–Crippen MR) is 121 cm³/mol. The van der Waals surface area contributed by atoms with E-state index in [1.807, 2.05) is 39.0 Å². The minimum atomic E-state index is -1.95. The van der Waals surface area contributed by atoms with Crippen LogP contribution in [0.5, 0.6) is 0 Å². The lowest BCUT2D eigenvalue weighted by atomic mass is 10.1. The lowest BCUT2D eigenvalue weighted by Gasteiger charge is -2.37. The summed E-state index contributed by atoms with van der Waals surface area (Å²) in [5.74, 6) is -0.201. The summed E-state index contributed by atoms with van der Waals surface area (Å²) in [6, 6.07) is 5.74. The van der Waals surface area contributed by atoms with Crippen LogP contribution in [0.15, 0.2) is 18.2 Å². The molecule has 2 saturated heterocycles. The van der Waals surface area contributed by atoms with Gasteiger partial charge in [0.2, 0.25) is 0 Å². The van der Waals surface area contributed by atoms with Crippen LogP contribution >= 0.6 is 0 Å². The van der Waals surface area contributed by atoms with Crippen molar-refractivity contribution in [1.29, 1.82) is 0 Å². The molecule has 7 heteroatoms. The fraction of sp³-hybridized carbons (Fsp3) is 0.696. The van der Waals surface area contributed by atoms with Crippen molar-refractivity contribution in [2.24, 2.45) is 0 Å². The summed E-state index contributed by atoms with van der Waals surface area (Å²) in [5, 5.41) is 0.0836. The average molecular weight is 437 g/mol. The third-order valence-corrected chi connectivity index (χ3v) is 11.1. The molecular weight excluding hydrogens is 399 g/mol. The molecule has 168 valence electrons. The topological polar surface area (TPSA) is 42.0 Å². The van der Waals surface area contributed by atoms with Gasteiger partial charge in [0.1, 0.15) is 5.60 Å². The van der Waals surface area contributed by atoms with E-state index in [0.717, 1.165) is 6.42 Å². The van der Waals surface area contributed by atoms with Gasteiger partial charge in [-0.25, -0.2) is 9.18 Å². The predicted octanol–water partition coefficient (Wildman–Crippen LogP) is 5.55. The lowest BCUT2D eigenvalue weighted by Crippen LogP contribution is -2.50. The van der Waals surface area contributed by atoms with Gasteiger partial charge in [0.05, 0.1) is 18.3 Å². The van der Waals surface area contributed by atoms with Gasteiger partial charge < -0.3 is 19.0 Å². The zero-order chi connectivity index (χ0) is 22.5. The highest BCUT2D eigenvalue weighted by molar-refractivity contribution is 6.74. The summed E-state index contributed by atoms with van der Waals surface area (Å²) in [5.41, 5.74) is 0.704. The third kappa shape index (κ3) is 4.67. The molecule has 0 unspecified atom stereocenters. The number of carbonyl (C=O) groups is 1. The monoisotopic (exact) mass is 436 g/mol. The number of hydrogen-bond acceptors (Lipinski definition) is 4. The molecule has 30 heavy (non-hydrogen) atoms. The molecule has 2 aliphatic rings. The standard InChI is InChI=1S/C23H37FN2O3Si/c1-22(2,3)29-21(27)26-14-17-12-18(26)13-25(17)19-11-9-10-16(20(19)24)15-28-30(7,8)23(4,5)6/h9-11,17-18H,12-15H2,1-8H3/t17-,18-/m0/s1. The number of nitrogens with zero attached hydrogens (tertiary/aromatic N) is 2. The van der Waals surface area contributed by atoms with Gasteiger partial charge in [0.15, 0.2) is 14.1 Å². The van der Waals surface area contributed by atoms with Gasteiger partial charge >= 0.3 is 6.09 Å². The Hall–Kier alpha value is -1.60. The van der Waals surface area contributed by atoms with E-state index in [0.29, 0.717) is 30.9 Å². The number of hydrogen-bond donors (Lipinski definition) is 0. The van der Waals surface area contributed by atoms with Gasteiger partial charge in [-0.15, -0.1) is 0 Å². The van der Waals surface area contributed by atoms with E-state index in [4.69, 9.17) is 9.16 Å². The molecule has 1 aromatic rings. The SMILES string of the molecule is CC(C)(C)OC(=O)N1C[C@@H]2C[C@H]1CN2c1cccc(CO[Si](C)(C)C(C)(C)C)c1F. The lowest BCUT2D eigenvalue weighted by molar-refractivity contribution is 0.0214. The van der Waals surface area contributed by atoms with Crippen LogP contribution in [0.4, 0.5) is 14.9 Å². The first-order valence-corrected chi connectivity index (χ1v) is 13.8. The van der Waals surface area contributed by atoms with E-state index in [1.165, 1.54) is 0 Å². The minimum Gasteiger partial charge on any atom is -0.444 e. The van der Waals surface area contributed by atoms with Crippen LogP contribution in [0, 0.1) is 5.82 Å². The number of rotatable bonds is 4. The van der Waals surface area contributed by atoms with E-state index in [9.17, 15) is 4.79 Å². The molecule has 0 N–H and O–H groups in total. The number of halogens is 1. The van der Waals surface area contributed by atoms with Crippen LogP contribution in [-0.4, -0.2) is 50.1 Å². The van der Waals surface area contributed by atoms with Crippen molar-refractivity contribution in [1.82, 2.24) is 4.90 Å². The van der Waals surface area contributed by atoms with Gasteiger partial charge in [-0.1, -0.05) is 32.9 Å². The van der Waals surface area contributed by atoms with E-state index in [-0.39, 0.29) is 29.0 Å². The van der Waals surface area contributed by atoms with Crippen LogP contribution in [0.25, 0.3) is 0 Å². The smallest absolute Gasteiger partial charge is 0.410 e. The highest BCUT2D eigenvalue weighted by Gasteiger charge is 2.47. The number of anilines is 1. The van der Waals surface area contributed by atoms with Crippen LogP contribution in [0.3, 0.4) is 0 Å². The van der Waals surface area contributed by atoms with E-state index >= 15 is 4.39 Å². The second kappa shape index (κ2) is 7.82. The number of carbonyl (C=O) groups excluding carboxylic acids is 1. The molecule has 5 nitrogen and oxygen atoms in total. The molecular formula is C23H37FN2O3Si. The molecule has 0 radical (unpaired) electrons. The first-order chi connectivity index (χ1) is 13.7. The molecule has 2 atom stereocenters. The van der Waals surface area contributed by atoms with Crippen molar-refractivity contribution in [3.63, 3.8) is 0 Å². The van der Waals surface area contributed by atoms with Gasteiger partial charge in [-0.2, -0.15) is 0 Å². The summed E-state index contributed by atoms with van der Waals surface area (Å²) >= 11 is 0. The minimum absolute atomic E-state index is 0.0661. The maximum atomic E-state index is 15.4. The molecule has 2 heterocycles. The molecule has 0 saturated carbocycles. The number of likely N-dealkylation sites (tertiary alicyclic amines) is 1. The maximum absolute atomic E-state index is 15.4. The van der Waals surface area contributed by atoms with E-state index < -0.39 is 13.9 Å². The second-order valence-electron chi connectivity index (χ2n) is 11.1. The molecule has 0 aromatic heterocycles. The highest BCUT2D eigenvalue weighted by Crippen LogP contribution is 2.39. The van der Waals surface area contributed by atoms with E-state index in [2.05, 4.69) is 38.8 Å². The molecule has 2 bridgehead atoms. The van der Waals surface area contributed by atoms with Gasteiger partial charge in [-0.05, 0) is 51.4 Å². The molecule has 0 spiro atoms. The van der Waals surface area contributed by atoms with Crippen LogP contribution in [0.1, 0.15) is 53.5 Å². The van der Waals surface area contributed by atoms with E-state index in [1.54, 1.807) is 4.90 Å². The van der Waals surface area contributed by atoms with Gasteiger partial charge in [0.25, 0.3) is 0 Å². The largest absolute Gasteiger partial charge is 0.444 e. The zero-order valence-corrected chi connectivity index (χ0v) is 20.7. The Bertz CT molecular complexity index is 801. The van der Waals surface area contributed by atoms with Crippen molar-refractivity contribution in [3.05, 3.63) is 29.6 Å². The Morgan fingerprint density at radius 3 is 2.33 bits per heavy atom. The Balaban J connectivity index is 1.69. The quantitative estimate of drug-likeness (QED) is 0.581. The number of piperazine rings is 1. The summed E-state index contributed by atoms with van der Waals surface area (Å²) in [7, 11) is -1.95. The summed E-state index contributed by atoms with van der Waals surface area (Å²) in [6.07, 6.45) is 0.579. The average Bonchev–Trinajstić information content (AvgIpc) is 3.19. The van der Waals surface area contributed by atoms with Crippen molar-refractivity contribution in [3.8, 4) is 0 Å². The first kappa shape index (κ1) is 23.1. The molecule has 3 rings (SSSR count). The number of amides is 1. The van der Waals surface area contributed by atoms with Gasteiger partial charge in [0, 0.05) is 24.7 Å². The first-order valence-electron chi connectivity index (χ1n) is 10.9. The highest BCUT2D eigenvalue weighted by atomic mass is 28.4. The van der Waals surface area contributed by atoms with Crippen LogP contribution < -0.4 is 4.90 Å². The summed E-state index contributed by atoms with van der Waals surface area (Å²) < 4.78 is 27.2. The Labute approximate surface area is 181 Å². The van der Waals surface area contributed by atoms with Crippen molar-refractivity contribution < 1.29 is 18.3 Å². The fourth-order valence-corrected chi connectivity index (χ4v) is 4.83. The molecule has 0 aliphatic carbocycles. The molecule has 1 amide bonds. The number of fused-ring (bicyclic) bond motifs is 2. The van der Waals surface area contributed by atoms with Crippen molar-refractivity contribution >= 4 is 20.1 Å². The van der Waals surface area contributed by atoms with Crippen molar-refractivity contribution in [2.75, 3.05) is 18.0 Å². The Kier molecular flexibility index (Phi) is 6.02. The molecule has 2 fully saturated rings. The maximum Gasteiger partial charge on any atom is 0.410 e. The number of benzene rings is 1. The molecule has 2 aliphatic heterocycles. The Morgan fingerprint density at radius 1 is 1.13 bits per heavy atom. The summed E-state index contributed by atoms with van der Waals surface area (Å²) in [6.45, 7) is 18.0. The Morgan fingerprint density at radius 2 is 1.80 bits per heavy atom. The third-order valence-electron chi connectivity index (χ3n) is 6.63. The zero-order valence-electron chi connectivity index (χ0n) is 19.7. The normalized spacial score (nSPS) is 22.0. The van der Waals surface area contributed by atoms with Crippen LogP contribution in [-0.2, 0) is 15.8 Å². The van der Waals surface area contributed by atoms with Crippen LogP contribution in [0.2, 0.25) is 18.1 Å².